The Morgan fingerprint density at radius 2 is 1.68 bits per heavy atom. The van der Waals surface area contributed by atoms with Crippen LogP contribution in [-0.2, 0) is 23.7 Å². The van der Waals surface area contributed by atoms with Crippen molar-refractivity contribution in [3.8, 4) is 0 Å². The van der Waals surface area contributed by atoms with E-state index in [9.17, 15) is 0 Å². The number of hydrogen-bond acceptors (Lipinski definition) is 5. The van der Waals surface area contributed by atoms with Crippen molar-refractivity contribution in [2.24, 2.45) is 5.92 Å². The Morgan fingerprint density at radius 1 is 0.909 bits per heavy atom. The van der Waals surface area contributed by atoms with Gasteiger partial charge in [0, 0.05) is 12.3 Å². The lowest BCUT2D eigenvalue weighted by Gasteiger charge is -2.23. The normalized spacial score (nSPS) is 29.8. The molecule has 2 aliphatic heterocycles. The molecule has 2 heterocycles. The van der Waals surface area contributed by atoms with Crippen LogP contribution in [0.1, 0.15) is 12.8 Å². The monoisotopic (exact) mass is 308 g/mol. The average molecular weight is 308 g/mol. The predicted molar refractivity (Wildman–Crippen MR) is 82.8 cm³/mol. The van der Waals surface area contributed by atoms with E-state index in [4.69, 9.17) is 23.7 Å². The molecule has 2 aliphatic rings. The first-order valence-electron chi connectivity index (χ1n) is 7.54. The highest BCUT2D eigenvalue weighted by atomic mass is 16.6. The van der Waals surface area contributed by atoms with Gasteiger partial charge < -0.3 is 23.7 Å². The summed E-state index contributed by atoms with van der Waals surface area (Å²) < 4.78 is 27.0. The van der Waals surface area contributed by atoms with Gasteiger partial charge in [0.25, 0.3) is 0 Å². The second-order valence-electron chi connectivity index (χ2n) is 5.18. The van der Waals surface area contributed by atoms with Gasteiger partial charge >= 0.3 is 0 Å². The first-order chi connectivity index (χ1) is 10.8. The van der Waals surface area contributed by atoms with E-state index in [-0.39, 0.29) is 18.3 Å². The Balaban J connectivity index is 1.53. The van der Waals surface area contributed by atoms with E-state index in [1.165, 1.54) is 12.5 Å². The lowest BCUT2D eigenvalue weighted by atomic mass is 9.88. The molecular weight excluding hydrogens is 284 g/mol. The molecule has 0 spiro atoms. The Labute approximate surface area is 131 Å². The van der Waals surface area contributed by atoms with Crippen LogP contribution >= 0.6 is 0 Å². The van der Waals surface area contributed by atoms with Gasteiger partial charge in [-0.05, 0) is 18.6 Å². The minimum Gasteiger partial charge on any atom is -0.501 e. The molecule has 0 aromatic rings. The molecule has 0 saturated carbocycles. The van der Waals surface area contributed by atoms with Crippen LogP contribution in [0.4, 0.5) is 0 Å². The molecule has 2 rings (SSSR count). The molecule has 0 aromatic carbocycles. The van der Waals surface area contributed by atoms with E-state index < -0.39 is 0 Å². The zero-order valence-electron chi connectivity index (χ0n) is 12.8. The van der Waals surface area contributed by atoms with Gasteiger partial charge in [0.1, 0.15) is 19.3 Å². The summed E-state index contributed by atoms with van der Waals surface area (Å²) in [5, 5.41) is 0. The molecule has 0 amide bonds. The third-order valence-corrected chi connectivity index (χ3v) is 3.77. The van der Waals surface area contributed by atoms with Crippen molar-refractivity contribution in [3.63, 3.8) is 0 Å². The van der Waals surface area contributed by atoms with Crippen molar-refractivity contribution in [3.05, 3.63) is 50.4 Å². The highest BCUT2D eigenvalue weighted by Gasteiger charge is 2.48. The van der Waals surface area contributed by atoms with E-state index >= 15 is 0 Å². The number of allylic oxidation sites excluding steroid dienone is 2. The molecule has 0 radical (unpaired) electrons. The van der Waals surface area contributed by atoms with Crippen molar-refractivity contribution >= 4 is 0 Å². The molecule has 4 atom stereocenters. The van der Waals surface area contributed by atoms with Crippen LogP contribution in [0.2, 0.25) is 0 Å². The van der Waals surface area contributed by atoms with Gasteiger partial charge in [0.05, 0.1) is 43.9 Å². The fourth-order valence-electron chi connectivity index (χ4n) is 2.78. The number of fused-ring (bicyclic) bond motifs is 2. The number of rotatable bonds is 11. The van der Waals surface area contributed by atoms with E-state index in [0.717, 1.165) is 12.8 Å². The number of hydrogen-bond donors (Lipinski definition) is 0. The van der Waals surface area contributed by atoms with Crippen molar-refractivity contribution in [1.82, 2.24) is 0 Å². The molecule has 2 saturated heterocycles. The van der Waals surface area contributed by atoms with Crippen LogP contribution in [0.15, 0.2) is 50.4 Å². The van der Waals surface area contributed by atoms with Crippen molar-refractivity contribution in [1.29, 1.82) is 0 Å². The standard InChI is InChI=1S/C17H24O5/c1-3-18-9-10-19-7-5-6-8-20-13-14-11-17-16(21-4-2)12-15(14)22-17/h3-8,14-17H,1-2,9-13H2/b7-5+,8-6-. The molecule has 22 heavy (non-hydrogen) atoms. The van der Waals surface area contributed by atoms with E-state index in [1.54, 1.807) is 24.7 Å². The summed E-state index contributed by atoms with van der Waals surface area (Å²) >= 11 is 0. The van der Waals surface area contributed by atoms with Crippen molar-refractivity contribution < 1.29 is 23.7 Å². The summed E-state index contributed by atoms with van der Waals surface area (Å²) in [7, 11) is 0. The first-order valence-corrected chi connectivity index (χ1v) is 7.54. The maximum Gasteiger partial charge on any atom is 0.126 e. The Morgan fingerprint density at radius 3 is 2.36 bits per heavy atom. The topological polar surface area (TPSA) is 46.2 Å². The lowest BCUT2D eigenvalue weighted by Crippen LogP contribution is -2.30. The highest BCUT2D eigenvalue weighted by molar-refractivity contribution is 4.98. The third kappa shape index (κ3) is 4.84. The fourth-order valence-corrected chi connectivity index (χ4v) is 2.78. The summed E-state index contributed by atoms with van der Waals surface area (Å²) in [5.41, 5.74) is 0. The van der Waals surface area contributed by atoms with Gasteiger partial charge in [-0.25, -0.2) is 0 Å². The zero-order chi connectivity index (χ0) is 15.6. The summed E-state index contributed by atoms with van der Waals surface area (Å²) in [6, 6.07) is 0. The SMILES string of the molecule is C=COCCO/C=C/C=C\OCC1CC2OC1CC2OC=C. The fraction of sp³-hybridized carbons (Fsp3) is 0.529. The minimum atomic E-state index is 0.166. The minimum absolute atomic E-state index is 0.166. The van der Waals surface area contributed by atoms with E-state index in [0.29, 0.717) is 25.7 Å². The van der Waals surface area contributed by atoms with Crippen molar-refractivity contribution in [2.45, 2.75) is 31.2 Å². The predicted octanol–water partition coefficient (Wildman–Crippen LogP) is 2.91. The second kappa shape index (κ2) is 9.20. The Kier molecular flexibility index (Phi) is 6.90. The molecule has 122 valence electrons. The van der Waals surface area contributed by atoms with Gasteiger partial charge in [-0.3, -0.25) is 0 Å². The average Bonchev–Trinajstić information content (AvgIpc) is 3.09. The summed E-state index contributed by atoms with van der Waals surface area (Å²) in [4.78, 5) is 0. The molecule has 5 nitrogen and oxygen atoms in total. The summed E-state index contributed by atoms with van der Waals surface area (Å²) in [6.07, 6.45) is 12.2. The maximum atomic E-state index is 5.86. The van der Waals surface area contributed by atoms with Gasteiger partial charge in [-0.1, -0.05) is 13.2 Å². The summed E-state index contributed by atoms with van der Waals surface area (Å²) in [5.74, 6) is 0.440. The Hall–Kier alpha value is -1.88. The maximum absolute atomic E-state index is 5.86. The molecule has 2 bridgehead atoms. The second-order valence-corrected chi connectivity index (χ2v) is 5.18. The summed E-state index contributed by atoms with van der Waals surface area (Å²) in [6.45, 7) is 8.69. The quantitative estimate of drug-likeness (QED) is 0.334. The third-order valence-electron chi connectivity index (χ3n) is 3.77. The number of ether oxygens (including phenoxy) is 5. The van der Waals surface area contributed by atoms with E-state index in [2.05, 4.69) is 13.2 Å². The van der Waals surface area contributed by atoms with Crippen LogP contribution in [-0.4, -0.2) is 38.1 Å². The molecular formula is C17H24O5. The van der Waals surface area contributed by atoms with Crippen LogP contribution < -0.4 is 0 Å². The van der Waals surface area contributed by atoms with Gasteiger partial charge in [-0.15, -0.1) is 0 Å². The van der Waals surface area contributed by atoms with Crippen LogP contribution in [0.3, 0.4) is 0 Å². The van der Waals surface area contributed by atoms with Crippen LogP contribution in [0, 0.1) is 5.92 Å². The molecule has 0 N–H and O–H groups in total. The molecule has 0 aromatic heterocycles. The van der Waals surface area contributed by atoms with Gasteiger partial charge in [-0.2, -0.15) is 0 Å². The molecule has 4 unspecified atom stereocenters. The van der Waals surface area contributed by atoms with Gasteiger partial charge in [0.2, 0.25) is 0 Å². The zero-order valence-corrected chi connectivity index (χ0v) is 12.8. The first kappa shape index (κ1) is 16.5. The lowest BCUT2D eigenvalue weighted by molar-refractivity contribution is 0.0442. The van der Waals surface area contributed by atoms with Crippen LogP contribution in [0.5, 0.6) is 0 Å². The largest absolute Gasteiger partial charge is 0.501 e. The molecule has 0 aliphatic carbocycles. The highest BCUT2D eigenvalue weighted by Crippen LogP contribution is 2.40. The molecule has 5 heteroatoms. The molecule has 2 fully saturated rings. The Bertz CT molecular complexity index is 404. The van der Waals surface area contributed by atoms with Crippen LogP contribution in [0.25, 0.3) is 0 Å². The smallest absolute Gasteiger partial charge is 0.126 e. The van der Waals surface area contributed by atoms with Crippen molar-refractivity contribution in [2.75, 3.05) is 19.8 Å². The van der Waals surface area contributed by atoms with Gasteiger partial charge in [0.15, 0.2) is 0 Å². The van der Waals surface area contributed by atoms with E-state index in [1.807, 2.05) is 0 Å².